The molecule has 1 aliphatic carbocycles. The van der Waals surface area contributed by atoms with Crippen LogP contribution >= 0.6 is 0 Å². The van der Waals surface area contributed by atoms with Gasteiger partial charge in [0.25, 0.3) is 0 Å². The van der Waals surface area contributed by atoms with Crippen molar-refractivity contribution in [2.24, 2.45) is 0 Å². The van der Waals surface area contributed by atoms with Crippen LogP contribution in [0.1, 0.15) is 45.4 Å². The van der Waals surface area contributed by atoms with E-state index in [9.17, 15) is 0 Å². The molecule has 2 heteroatoms. The molecule has 0 aromatic carbocycles. The first-order valence-electron chi connectivity index (χ1n) is 5.60. The number of aromatic nitrogens is 2. The van der Waals surface area contributed by atoms with Gasteiger partial charge in [-0.1, -0.05) is 45.9 Å². The van der Waals surface area contributed by atoms with Crippen LogP contribution in [0.3, 0.4) is 0 Å². The molecule has 1 aromatic rings. The molecule has 1 heterocycles. The topological polar surface area (TPSA) is 25.8 Å². The second-order valence-corrected chi connectivity index (χ2v) is 2.40. The third-order valence-corrected chi connectivity index (χ3v) is 1.62. The van der Waals surface area contributed by atoms with Crippen LogP contribution in [0, 0.1) is 0 Å². The van der Waals surface area contributed by atoms with E-state index in [2.05, 4.69) is 28.2 Å². The Morgan fingerprint density at radius 3 is 2.40 bits per heavy atom. The Hall–Kier alpha value is -1.44. The molecule has 0 amide bonds. The highest BCUT2D eigenvalue weighted by molar-refractivity contribution is 5.63. The summed E-state index contributed by atoms with van der Waals surface area (Å²) in [4.78, 5) is 8.07. The Morgan fingerprint density at radius 2 is 1.67 bits per heavy atom. The molecule has 1 aliphatic rings. The molecular weight excluding hydrogens is 184 g/mol. The van der Waals surface area contributed by atoms with E-state index in [4.69, 9.17) is 0 Å². The SMILES string of the molecule is C1=Cc2cncnc2C=CC1.CC.CC. The Labute approximate surface area is 92.8 Å². The second kappa shape index (κ2) is 9.13. The molecule has 2 nitrogen and oxygen atoms in total. The lowest BCUT2D eigenvalue weighted by Crippen LogP contribution is -1.86. The first-order chi connectivity index (χ1) is 7.47. The van der Waals surface area contributed by atoms with Crippen LogP contribution in [0.25, 0.3) is 12.2 Å². The van der Waals surface area contributed by atoms with E-state index in [1.54, 1.807) is 6.33 Å². The highest BCUT2D eigenvalue weighted by Crippen LogP contribution is 2.12. The predicted octanol–water partition coefficient (Wildman–Crippen LogP) is 3.96. The van der Waals surface area contributed by atoms with E-state index in [0.717, 1.165) is 17.7 Å². The summed E-state index contributed by atoms with van der Waals surface area (Å²) in [5, 5.41) is 0. The third kappa shape index (κ3) is 4.54. The summed E-state index contributed by atoms with van der Waals surface area (Å²) in [6, 6.07) is 0. The van der Waals surface area contributed by atoms with Crippen molar-refractivity contribution in [2.45, 2.75) is 34.1 Å². The molecule has 0 spiro atoms. The number of rotatable bonds is 0. The van der Waals surface area contributed by atoms with E-state index in [-0.39, 0.29) is 0 Å². The lowest BCUT2D eigenvalue weighted by molar-refractivity contribution is 1.14. The van der Waals surface area contributed by atoms with Gasteiger partial charge in [-0.05, 0) is 12.5 Å². The highest BCUT2D eigenvalue weighted by Gasteiger charge is 1.97. The van der Waals surface area contributed by atoms with Crippen LogP contribution in [-0.4, -0.2) is 9.97 Å². The molecule has 0 bridgehead atoms. The largest absolute Gasteiger partial charge is 0.244 e. The molecule has 0 saturated heterocycles. The van der Waals surface area contributed by atoms with Crippen LogP contribution in [0.4, 0.5) is 0 Å². The number of allylic oxidation sites excluding steroid dienone is 2. The summed E-state index contributed by atoms with van der Waals surface area (Å²) in [6.45, 7) is 8.00. The van der Waals surface area contributed by atoms with E-state index in [0.29, 0.717) is 0 Å². The fraction of sp³-hybridized carbons (Fsp3) is 0.385. The van der Waals surface area contributed by atoms with Gasteiger partial charge in [0.1, 0.15) is 6.33 Å². The van der Waals surface area contributed by atoms with E-state index in [1.165, 1.54) is 0 Å². The molecule has 0 aliphatic heterocycles. The number of fused-ring (bicyclic) bond motifs is 1. The smallest absolute Gasteiger partial charge is 0.116 e. The maximum Gasteiger partial charge on any atom is 0.116 e. The van der Waals surface area contributed by atoms with Gasteiger partial charge in [-0.3, -0.25) is 0 Å². The normalized spacial score (nSPS) is 11.2. The van der Waals surface area contributed by atoms with Crippen molar-refractivity contribution in [3.05, 3.63) is 35.9 Å². The highest BCUT2D eigenvalue weighted by atomic mass is 14.8. The second-order valence-electron chi connectivity index (χ2n) is 2.40. The van der Waals surface area contributed by atoms with Gasteiger partial charge < -0.3 is 0 Å². The standard InChI is InChI=1S/C9H8N2.2C2H6/c1-2-4-8-6-10-7-11-9(8)5-3-1;2*1-2/h2-7H,1H2;2*1-2H3. The molecule has 15 heavy (non-hydrogen) atoms. The maximum atomic E-state index is 4.13. The lowest BCUT2D eigenvalue weighted by Gasteiger charge is -1.94. The molecule has 2 rings (SSSR count). The van der Waals surface area contributed by atoms with Gasteiger partial charge in [0.05, 0.1) is 5.69 Å². The van der Waals surface area contributed by atoms with Crippen molar-refractivity contribution in [3.63, 3.8) is 0 Å². The fourth-order valence-electron chi connectivity index (χ4n) is 1.07. The molecule has 0 fully saturated rings. The zero-order valence-electron chi connectivity index (χ0n) is 10.1. The van der Waals surface area contributed by atoms with Gasteiger partial charge in [0.2, 0.25) is 0 Å². The Bertz CT molecular complexity index is 283. The van der Waals surface area contributed by atoms with Crippen LogP contribution in [-0.2, 0) is 0 Å². The molecular formula is C13H20N2. The molecule has 0 N–H and O–H groups in total. The van der Waals surface area contributed by atoms with Crippen LogP contribution < -0.4 is 0 Å². The van der Waals surface area contributed by atoms with E-state index in [1.807, 2.05) is 40.0 Å². The van der Waals surface area contributed by atoms with Crippen LogP contribution in [0.15, 0.2) is 24.7 Å². The van der Waals surface area contributed by atoms with Crippen molar-refractivity contribution < 1.29 is 0 Å². The minimum atomic E-state index is 0.982. The van der Waals surface area contributed by atoms with Gasteiger partial charge in [-0.25, -0.2) is 9.97 Å². The molecule has 0 radical (unpaired) electrons. The van der Waals surface area contributed by atoms with Gasteiger partial charge in [-0.15, -0.1) is 0 Å². The monoisotopic (exact) mass is 204 g/mol. The molecule has 0 saturated carbocycles. The molecule has 82 valence electrons. The van der Waals surface area contributed by atoms with Crippen LogP contribution in [0.5, 0.6) is 0 Å². The number of nitrogens with zero attached hydrogens (tertiary/aromatic N) is 2. The third-order valence-electron chi connectivity index (χ3n) is 1.62. The predicted molar refractivity (Wildman–Crippen MR) is 67.4 cm³/mol. The average Bonchev–Trinajstić information content (AvgIpc) is 2.59. The lowest BCUT2D eigenvalue weighted by atomic mass is 10.2. The first-order valence-corrected chi connectivity index (χ1v) is 5.60. The molecule has 0 atom stereocenters. The van der Waals surface area contributed by atoms with Crippen molar-refractivity contribution >= 4 is 12.2 Å². The number of hydrogen-bond donors (Lipinski definition) is 0. The minimum Gasteiger partial charge on any atom is -0.244 e. The van der Waals surface area contributed by atoms with E-state index < -0.39 is 0 Å². The van der Waals surface area contributed by atoms with Gasteiger partial charge in [0, 0.05) is 11.8 Å². The fourth-order valence-corrected chi connectivity index (χ4v) is 1.07. The zero-order valence-corrected chi connectivity index (χ0v) is 10.1. The first kappa shape index (κ1) is 13.6. The van der Waals surface area contributed by atoms with Crippen molar-refractivity contribution in [2.75, 3.05) is 0 Å². The average molecular weight is 204 g/mol. The minimum absolute atomic E-state index is 0.982. The molecule has 0 unspecified atom stereocenters. The summed E-state index contributed by atoms with van der Waals surface area (Å²) >= 11 is 0. The summed E-state index contributed by atoms with van der Waals surface area (Å²) < 4.78 is 0. The summed E-state index contributed by atoms with van der Waals surface area (Å²) in [7, 11) is 0. The Morgan fingerprint density at radius 1 is 1.00 bits per heavy atom. The Balaban J connectivity index is 0.000000442. The summed E-state index contributed by atoms with van der Waals surface area (Å²) in [5.41, 5.74) is 2.11. The van der Waals surface area contributed by atoms with Crippen molar-refractivity contribution in [1.29, 1.82) is 0 Å². The van der Waals surface area contributed by atoms with Gasteiger partial charge in [-0.2, -0.15) is 0 Å². The molecule has 1 aromatic heterocycles. The summed E-state index contributed by atoms with van der Waals surface area (Å²) in [5.74, 6) is 0. The number of hydrogen-bond acceptors (Lipinski definition) is 2. The van der Waals surface area contributed by atoms with Gasteiger partial charge in [0.15, 0.2) is 0 Å². The van der Waals surface area contributed by atoms with E-state index >= 15 is 0 Å². The summed E-state index contributed by atoms with van der Waals surface area (Å²) in [6.07, 6.45) is 12.7. The van der Waals surface area contributed by atoms with Crippen LogP contribution in [0.2, 0.25) is 0 Å². The maximum absolute atomic E-state index is 4.13. The van der Waals surface area contributed by atoms with Crippen molar-refractivity contribution in [3.8, 4) is 0 Å². The Kier molecular flexibility index (Phi) is 8.25. The van der Waals surface area contributed by atoms with Crippen molar-refractivity contribution in [1.82, 2.24) is 9.97 Å². The van der Waals surface area contributed by atoms with Gasteiger partial charge >= 0.3 is 0 Å². The zero-order chi connectivity index (χ0) is 11.5. The quantitative estimate of drug-likeness (QED) is 0.639.